The Morgan fingerprint density at radius 2 is 1.84 bits per heavy atom. The minimum Gasteiger partial charge on any atom is -0.481 e. The van der Waals surface area contributed by atoms with Crippen molar-refractivity contribution < 1.29 is 9.90 Å². The van der Waals surface area contributed by atoms with Crippen LogP contribution in [-0.4, -0.2) is 29.1 Å². The summed E-state index contributed by atoms with van der Waals surface area (Å²) in [6.45, 7) is 3.37. The van der Waals surface area contributed by atoms with E-state index in [4.69, 9.17) is 5.11 Å². The van der Waals surface area contributed by atoms with Gasteiger partial charge in [-0.25, -0.2) is 0 Å². The summed E-state index contributed by atoms with van der Waals surface area (Å²) in [6.07, 6.45) is 5.66. The first-order chi connectivity index (χ1) is 9.25. The number of hydrogen-bond donors (Lipinski definition) is 1. The van der Waals surface area contributed by atoms with Gasteiger partial charge in [0.2, 0.25) is 0 Å². The largest absolute Gasteiger partial charge is 0.481 e. The van der Waals surface area contributed by atoms with Gasteiger partial charge in [0, 0.05) is 19.5 Å². The van der Waals surface area contributed by atoms with Crippen LogP contribution in [-0.2, 0) is 17.8 Å². The predicted molar refractivity (Wildman–Crippen MR) is 76.1 cm³/mol. The van der Waals surface area contributed by atoms with Gasteiger partial charge in [0.15, 0.2) is 0 Å². The number of rotatable bonds is 7. The maximum Gasteiger partial charge on any atom is 0.303 e. The zero-order valence-corrected chi connectivity index (χ0v) is 11.5. The van der Waals surface area contributed by atoms with Crippen molar-refractivity contribution in [3.05, 3.63) is 35.4 Å². The number of unbranched alkanes of at least 4 members (excludes halogenated alkanes) is 3. The number of fused-ring (bicyclic) bond motifs is 1. The predicted octanol–water partition coefficient (Wildman–Crippen LogP) is 3.08. The minimum absolute atomic E-state index is 0.317. The second kappa shape index (κ2) is 7.29. The molecule has 1 aliphatic heterocycles. The first kappa shape index (κ1) is 14.1. The van der Waals surface area contributed by atoms with Crippen molar-refractivity contribution in [2.45, 2.75) is 45.1 Å². The Balaban J connectivity index is 1.62. The van der Waals surface area contributed by atoms with Crippen LogP contribution in [0.2, 0.25) is 0 Å². The summed E-state index contributed by atoms with van der Waals surface area (Å²) in [5.74, 6) is -0.673. The van der Waals surface area contributed by atoms with E-state index in [0.29, 0.717) is 6.42 Å². The van der Waals surface area contributed by atoms with Crippen LogP contribution in [0.15, 0.2) is 24.3 Å². The number of carbonyl (C=O) groups is 1. The summed E-state index contributed by atoms with van der Waals surface area (Å²) in [7, 11) is 0. The second-order valence-electron chi connectivity index (χ2n) is 5.35. The van der Waals surface area contributed by atoms with Crippen LogP contribution in [0.5, 0.6) is 0 Å². The Bertz CT molecular complexity index is 417. The van der Waals surface area contributed by atoms with Gasteiger partial charge in [0.25, 0.3) is 0 Å². The molecule has 0 fully saturated rings. The van der Waals surface area contributed by atoms with Gasteiger partial charge in [0.1, 0.15) is 0 Å². The maximum absolute atomic E-state index is 10.4. The quantitative estimate of drug-likeness (QED) is 0.767. The molecule has 19 heavy (non-hydrogen) atoms. The van der Waals surface area contributed by atoms with Crippen LogP contribution in [0.1, 0.15) is 43.2 Å². The van der Waals surface area contributed by atoms with Crippen molar-refractivity contribution in [3.8, 4) is 0 Å². The van der Waals surface area contributed by atoms with E-state index in [1.54, 1.807) is 0 Å². The molecule has 0 aromatic heterocycles. The van der Waals surface area contributed by atoms with Gasteiger partial charge in [-0.05, 0) is 36.9 Å². The van der Waals surface area contributed by atoms with Crippen molar-refractivity contribution in [2.75, 3.05) is 13.1 Å². The molecule has 3 nitrogen and oxygen atoms in total. The molecule has 0 amide bonds. The fraction of sp³-hybridized carbons (Fsp3) is 0.562. The lowest BCUT2D eigenvalue weighted by Crippen LogP contribution is -2.31. The van der Waals surface area contributed by atoms with Crippen molar-refractivity contribution in [2.24, 2.45) is 0 Å². The summed E-state index contributed by atoms with van der Waals surface area (Å²) in [6, 6.07) is 8.71. The fourth-order valence-corrected chi connectivity index (χ4v) is 2.71. The first-order valence-corrected chi connectivity index (χ1v) is 7.26. The van der Waals surface area contributed by atoms with E-state index in [-0.39, 0.29) is 0 Å². The smallest absolute Gasteiger partial charge is 0.303 e. The maximum atomic E-state index is 10.4. The molecule has 0 radical (unpaired) electrons. The molecule has 3 heteroatoms. The summed E-state index contributed by atoms with van der Waals surface area (Å²) in [5, 5.41) is 8.56. The average Bonchev–Trinajstić information content (AvgIpc) is 2.42. The molecule has 1 aromatic carbocycles. The standard InChI is InChI=1S/C16H23NO2/c18-16(19)9-3-1-2-6-11-17-12-10-14-7-4-5-8-15(14)13-17/h4-5,7-8H,1-3,6,9-13H2,(H,18,19). The zero-order chi connectivity index (χ0) is 13.5. The summed E-state index contributed by atoms with van der Waals surface area (Å²) < 4.78 is 0. The number of carboxylic acids is 1. The van der Waals surface area contributed by atoms with Crippen LogP contribution in [0, 0.1) is 0 Å². The molecule has 0 saturated heterocycles. The molecule has 2 rings (SSSR count). The van der Waals surface area contributed by atoms with Gasteiger partial charge in [-0.2, -0.15) is 0 Å². The molecule has 0 atom stereocenters. The van der Waals surface area contributed by atoms with E-state index >= 15 is 0 Å². The highest BCUT2D eigenvalue weighted by atomic mass is 16.4. The Morgan fingerprint density at radius 3 is 2.63 bits per heavy atom. The minimum atomic E-state index is -0.673. The number of benzene rings is 1. The molecule has 0 unspecified atom stereocenters. The monoisotopic (exact) mass is 261 g/mol. The van der Waals surface area contributed by atoms with Crippen molar-refractivity contribution in [3.63, 3.8) is 0 Å². The highest BCUT2D eigenvalue weighted by molar-refractivity contribution is 5.66. The lowest BCUT2D eigenvalue weighted by atomic mass is 9.99. The van der Waals surface area contributed by atoms with Crippen molar-refractivity contribution in [1.29, 1.82) is 0 Å². The molecular weight excluding hydrogens is 238 g/mol. The van der Waals surface area contributed by atoms with E-state index in [2.05, 4.69) is 29.2 Å². The molecule has 1 N–H and O–H groups in total. The SMILES string of the molecule is O=C(O)CCCCCCN1CCc2ccccc2C1. The lowest BCUT2D eigenvalue weighted by Gasteiger charge is -2.28. The number of aliphatic carboxylic acids is 1. The van der Waals surface area contributed by atoms with Crippen LogP contribution >= 0.6 is 0 Å². The summed E-state index contributed by atoms with van der Waals surface area (Å²) in [5.41, 5.74) is 2.97. The van der Waals surface area contributed by atoms with E-state index in [0.717, 1.165) is 45.3 Å². The molecule has 1 heterocycles. The van der Waals surface area contributed by atoms with Crippen molar-refractivity contribution in [1.82, 2.24) is 4.90 Å². The molecular formula is C16H23NO2. The Labute approximate surface area is 115 Å². The Kier molecular flexibility index (Phi) is 5.40. The van der Waals surface area contributed by atoms with Gasteiger partial charge < -0.3 is 5.11 Å². The summed E-state index contributed by atoms with van der Waals surface area (Å²) >= 11 is 0. The van der Waals surface area contributed by atoms with Gasteiger partial charge in [-0.3, -0.25) is 9.69 Å². The third-order valence-corrected chi connectivity index (χ3v) is 3.82. The lowest BCUT2D eigenvalue weighted by molar-refractivity contribution is -0.137. The number of nitrogens with zero attached hydrogens (tertiary/aromatic N) is 1. The highest BCUT2D eigenvalue weighted by Gasteiger charge is 2.14. The molecule has 104 valence electrons. The average molecular weight is 261 g/mol. The Hall–Kier alpha value is -1.35. The molecule has 0 aliphatic carbocycles. The van der Waals surface area contributed by atoms with Crippen LogP contribution in [0.4, 0.5) is 0 Å². The van der Waals surface area contributed by atoms with Crippen molar-refractivity contribution >= 4 is 5.97 Å². The molecule has 1 aliphatic rings. The molecule has 1 aromatic rings. The molecule has 0 saturated carbocycles. The second-order valence-corrected chi connectivity index (χ2v) is 5.35. The highest BCUT2D eigenvalue weighted by Crippen LogP contribution is 2.18. The van der Waals surface area contributed by atoms with Gasteiger partial charge >= 0.3 is 5.97 Å². The Morgan fingerprint density at radius 1 is 1.11 bits per heavy atom. The zero-order valence-electron chi connectivity index (χ0n) is 11.5. The third-order valence-electron chi connectivity index (χ3n) is 3.82. The normalized spacial score (nSPS) is 15.2. The van der Waals surface area contributed by atoms with E-state index in [9.17, 15) is 4.79 Å². The van der Waals surface area contributed by atoms with Crippen LogP contribution in [0.25, 0.3) is 0 Å². The number of carboxylic acid groups (broad SMARTS) is 1. The fourth-order valence-electron chi connectivity index (χ4n) is 2.71. The van der Waals surface area contributed by atoms with Crippen LogP contribution in [0.3, 0.4) is 0 Å². The van der Waals surface area contributed by atoms with E-state index in [1.807, 2.05) is 0 Å². The summed E-state index contributed by atoms with van der Waals surface area (Å²) in [4.78, 5) is 12.9. The van der Waals surface area contributed by atoms with Gasteiger partial charge in [0.05, 0.1) is 0 Å². The third kappa shape index (κ3) is 4.67. The first-order valence-electron chi connectivity index (χ1n) is 7.26. The van der Waals surface area contributed by atoms with E-state index < -0.39 is 5.97 Å². The van der Waals surface area contributed by atoms with Gasteiger partial charge in [-0.15, -0.1) is 0 Å². The topological polar surface area (TPSA) is 40.5 Å². The van der Waals surface area contributed by atoms with E-state index in [1.165, 1.54) is 17.5 Å². The number of hydrogen-bond acceptors (Lipinski definition) is 2. The van der Waals surface area contributed by atoms with Gasteiger partial charge in [-0.1, -0.05) is 37.1 Å². The van der Waals surface area contributed by atoms with Crippen LogP contribution < -0.4 is 0 Å². The molecule has 0 spiro atoms. The molecule has 0 bridgehead atoms.